The van der Waals surface area contributed by atoms with Gasteiger partial charge in [-0.05, 0) is 18.6 Å². The minimum atomic E-state index is 0.592. The van der Waals surface area contributed by atoms with Crippen LogP contribution in [0.25, 0.3) is 0 Å². The van der Waals surface area contributed by atoms with E-state index in [1.165, 1.54) is 0 Å². The molecule has 0 saturated carbocycles. The third kappa shape index (κ3) is 4.33. The average Bonchev–Trinajstić information content (AvgIpc) is 2.38. The number of methoxy groups -OCH3 is 1. The SMILES string of the molecule is CCCOCCNc1ccc(C#N)cc1OC. The molecule has 0 amide bonds. The van der Waals surface area contributed by atoms with E-state index < -0.39 is 0 Å². The fourth-order valence-electron chi connectivity index (χ4n) is 1.41. The van der Waals surface area contributed by atoms with Gasteiger partial charge in [0.15, 0.2) is 0 Å². The molecule has 0 bridgehead atoms. The van der Waals surface area contributed by atoms with Gasteiger partial charge in [0.2, 0.25) is 0 Å². The smallest absolute Gasteiger partial charge is 0.143 e. The van der Waals surface area contributed by atoms with Crippen molar-refractivity contribution in [3.8, 4) is 11.8 Å². The summed E-state index contributed by atoms with van der Waals surface area (Å²) in [6.07, 6.45) is 1.03. The number of ether oxygens (including phenoxy) is 2. The van der Waals surface area contributed by atoms with Gasteiger partial charge in [-0.3, -0.25) is 0 Å². The predicted molar refractivity (Wildman–Crippen MR) is 67.3 cm³/mol. The first-order chi connectivity index (χ1) is 8.31. The molecular weight excluding hydrogens is 216 g/mol. The quantitative estimate of drug-likeness (QED) is 0.736. The molecule has 0 spiro atoms. The van der Waals surface area contributed by atoms with Crippen LogP contribution >= 0.6 is 0 Å². The van der Waals surface area contributed by atoms with Crippen LogP contribution in [0, 0.1) is 11.3 Å². The van der Waals surface area contributed by atoms with Crippen LogP contribution in [0.3, 0.4) is 0 Å². The molecule has 1 N–H and O–H groups in total. The topological polar surface area (TPSA) is 54.3 Å². The number of rotatable bonds is 7. The molecule has 92 valence electrons. The van der Waals surface area contributed by atoms with Crippen LogP contribution in [0.15, 0.2) is 18.2 Å². The fraction of sp³-hybridized carbons (Fsp3) is 0.462. The average molecular weight is 234 g/mol. The molecule has 0 fully saturated rings. The molecule has 0 aliphatic carbocycles. The lowest BCUT2D eigenvalue weighted by molar-refractivity contribution is 0.144. The van der Waals surface area contributed by atoms with Crippen molar-refractivity contribution in [2.24, 2.45) is 0 Å². The molecule has 1 aromatic rings. The van der Waals surface area contributed by atoms with Gasteiger partial charge in [-0.25, -0.2) is 0 Å². The largest absolute Gasteiger partial charge is 0.495 e. The van der Waals surface area contributed by atoms with E-state index in [4.69, 9.17) is 14.7 Å². The zero-order valence-corrected chi connectivity index (χ0v) is 10.3. The number of benzene rings is 1. The molecule has 1 rings (SSSR count). The lowest BCUT2D eigenvalue weighted by Crippen LogP contribution is -2.10. The molecule has 4 nitrogen and oxygen atoms in total. The van der Waals surface area contributed by atoms with E-state index in [9.17, 15) is 0 Å². The highest BCUT2D eigenvalue weighted by Gasteiger charge is 2.03. The Bertz CT molecular complexity index is 385. The number of nitrogens with one attached hydrogen (secondary N) is 1. The van der Waals surface area contributed by atoms with Crippen molar-refractivity contribution >= 4 is 5.69 Å². The standard InChI is InChI=1S/C13H18N2O2/c1-3-7-17-8-6-15-12-5-4-11(10-14)9-13(12)16-2/h4-5,9,15H,3,6-8H2,1-2H3. The first-order valence-corrected chi connectivity index (χ1v) is 5.71. The number of nitrogens with zero attached hydrogens (tertiary/aromatic N) is 1. The monoisotopic (exact) mass is 234 g/mol. The maximum Gasteiger partial charge on any atom is 0.143 e. The molecule has 0 aliphatic heterocycles. The first-order valence-electron chi connectivity index (χ1n) is 5.71. The van der Waals surface area contributed by atoms with Gasteiger partial charge in [0.1, 0.15) is 5.75 Å². The van der Waals surface area contributed by atoms with E-state index in [1.807, 2.05) is 6.07 Å². The van der Waals surface area contributed by atoms with Crippen LogP contribution in [0.2, 0.25) is 0 Å². The maximum absolute atomic E-state index is 8.78. The Morgan fingerprint density at radius 1 is 1.35 bits per heavy atom. The molecule has 0 aromatic heterocycles. The summed E-state index contributed by atoms with van der Waals surface area (Å²) in [6, 6.07) is 7.40. The summed E-state index contributed by atoms with van der Waals surface area (Å²) in [6.45, 7) is 4.25. The summed E-state index contributed by atoms with van der Waals surface area (Å²) in [5.41, 5.74) is 1.47. The van der Waals surface area contributed by atoms with E-state index in [0.717, 1.165) is 25.3 Å². The van der Waals surface area contributed by atoms with Crippen LogP contribution in [-0.2, 0) is 4.74 Å². The molecule has 0 unspecified atom stereocenters. The van der Waals surface area contributed by atoms with Crippen molar-refractivity contribution in [1.82, 2.24) is 0 Å². The van der Waals surface area contributed by atoms with Gasteiger partial charge < -0.3 is 14.8 Å². The fourth-order valence-corrected chi connectivity index (χ4v) is 1.41. The Hall–Kier alpha value is -1.73. The lowest BCUT2D eigenvalue weighted by atomic mass is 10.2. The predicted octanol–water partition coefficient (Wildman–Crippen LogP) is 2.41. The first kappa shape index (κ1) is 13.3. The van der Waals surface area contributed by atoms with Crippen molar-refractivity contribution in [3.05, 3.63) is 23.8 Å². The van der Waals surface area contributed by atoms with E-state index in [1.54, 1.807) is 19.2 Å². The van der Waals surface area contributed by atoms with Crippen molar-refractivity contribution < 1.29 is 9.47 Å². The Kier molecular flexibility index (Phi) is 5.91. The molecule has 0 saturated heterocycles. The Morgan fingerprint density at radius 3 is 2.82 bits per heavy atom. The third-order valence-electron chi connectivity index (χ3n) is 2.24. The summed E-state index contributed by atoms with van der Waals surface area (Å²) in [5.74, 6) is 0.680. The van der Waals surface area contributed by atoms with E-state index >= 15 is 0 Å². The molecule has 0 heterocycles. The van der Waals surface area contributed by atoms with Gasteiger partial charge in [-0.1, -0.05) is 6.92 Å². The van der Waals surface area contributed by atoms with Gasteiger partial charge in [0.25, 0.3) is 0 Å². The zero-order chi connectivity index (χ0) is 12.5. The molecule has 0 radical (unpaired) electrons. The zero-order valence-electron chi connectivity index (χ0n) is 10.3. The number of nitriles is 1. The minimum absolute atomic E-state index is 0.592. The lowest BCUT2D eigenvalue weighted by Gasteiger charge is -2.11. The Morgan fingerprint density at radius 2 is 2.18 bits per heavy atom. The second-order valence-corrected chi connectivity index (χ2v) is 3.57. The van der Waals surface area contributed by atoms with Gasteiger partial charge in [-0.15, -0.1) is 0 Å². The molecule has 1 aromatic carbocycles. The second kappa shape index (κ2) is 7.53. The summed E-state index contributed by atoms with van der Waals surface area (Å²) < 4.78 is 10.6. The summed E-state index contributed by atoms with van der Waals surface area (Å²) in [4.78, 5) is 0. The van der Waals surface area contributed by atoms with Crippen molar-refractivity contribution in [2.45, 2.75) is 13.3 Å². The van der Waals surface area contributed by atoms with E-state index in [-0.39, 0.29) is 0 Å². The number of hydrogen-bond donors (Lipinski definition) is 1. The summed E-state index contributed by atoms with van der Waals surface area (Å²) in [7, 11) is 1.59. The minimum Gasteiger partial charge on any atom is -0.495 e. The van der Waals surface area contributed by atoms with Crippen LogP contribution in [0.5, 0.6) is 5.75 Å². The highest BCUT2D eigenvalue weighted by atomic mass is 16.5. The van der Waals surface area contributed by atoms with E-state index in [0.29, 0.717) is 17.9 Å². The highest BCUT2D eigenvalue weighted by molar-refractivity contribution is 5.59. The molecule has 0 aliphatic rings. The van der Waals surface area contributed by atoms with Crippen LogP contribution < -0.4 is 10.1 Å². The van der Waals surface area contributed by atoms with Gasteiger partial charge >= 0.3 is 0 Å². The molecular formula is C13H18N2O2. The molecule has 0 atom stereocenters. The third-order valence-corrected chi connectivity index (χ3v) is 2.24. The van der Waals surface area contributed by atoms with Gasteiger partial charge in [-0.2, -0.15) is 5.26 Å². The number of anilines is 1. The van der Waals surface area contributed by atoms with Crippen LogP contribution in [0.1, 0.15) is 18.9 Å². The van der Waals surface area contributed by atoms with Gasteiger partial charge in [0, 0.05) is 19.2 Å². The normalized spacial score (nSPS) is 9.71. The Labute approximate surface area is 102 Å². The van der Waals surface area contributed by atoms with Crippen LogP contribution in [0.4, 0.5) is 5.69 Å². The summed E-state index contributed by atoms with van der Waals surface area (Å²) in [5, 5.41) is 12.0. The van der Waals surface area contributed by atoms with Crippen LogP contribution in [-0.4, -0.2) is 26.9 Å². The van der Waals surface area contributed by atoms with Crippen molar-refractivity contribution in [3.63, 3.8) is 0 Å². The maximum atomic E-state index is 8.78. The van der Waals surface area contributed by atoms with Gasteiger partial charge in [0.05, 0.1) is 31.0 Å². The highest BCUT2D eigenvalue weighted by Crippen LogP contribution is 2.24. The number of hydrogen-bond acceptors (Lipinski definition) is 4. The Balaban J connectivity index is 2.50. The summed E-state index contributed by atoms with van der Waals surface area (Å²) >= 11 is 0. The van der Waals surface area contributed by atoms with Crippen molar-refractivity contribution in [1.29, 1.82) is 5.26 Å². The molecule has 4 heteroatoms. The molecule has 17 heavy (non-hydrogen) atoms. The second-order valence-electron chi connectivity index (χ2n) is 3.57. The van der Waals surface area contributed by atoms with Crippen molar-refractivity contribution in [2.75, 3.05) is 32.2 Å². The van der Waals surface area contributed by atoms with E-state index in [2.05, 4.69) is 18.3 Å².